The average molecular weight is 493 g/mol. The van der Waals surface area contributed by atoms with Crippen molar-refractivity contribution in [3.63, 3.8) is 0 Å². The Kier molecular flexibility index (Phi) is 7.36. The molecule has 8 heteroatoms. The summed E-state index contributed by atoms with van der Waals surface area (Å²) in [6, 6.07) is 26.2. The monoisotopic (exact) mass is 492 g/mol. The minimum absolute atomic E-state index is 0.0284. The van der Waals surface area contributed by atoms with Gasteiger partial charge in [-0.05, 0) is 46.2 Å². The molecule has 0 aliphatic heterocycles. The number of carbonyl (C=O) groups is 1. The third kappa shape index (κ3) is 5.92. The first-order chi connectivity index (χ1) is 18.2. The molecule has 37 heavy (non-hydrogen) atoms. The smallest absolute Gasteiger partial charge is 0.242 e. The van der Waals surface area contributed by atoms with Crippen LogP contribution >= 0.6 is 0 Å². The number of ether oxygens (including phenoxy) is 1. The molecule has 0 spiro atoms. The largest absolute Gasteiger partial charge is 0.487 e. The lowest BCUT2D eigenvalue weighted by Gasteiger charge is -2.18. The molecule has 186 valence electrons. The van der Waals surface area contributed by atoms with Gasteiger partial charge in [0.2, 0.25) is 5.91 Å². The van der Waals surface area contributed by atoms with Gasteiger partial charge in [0.1, 0.15) is 18.9 Å². The number of likely N-dealkylation sites (N-methyl/N-ethyl adjacent to an activating group) is 1. The number of carbonyl (C=O) groups excluding carboxylic acids is 1. The molecule has 8 nitrogen and oxygen atoms in total. The number of benzene rings is 3. The van der Waals surface area contributed by atoms with Gasteiger partial charge in [-0.25, -0.2) is 5.10 Å². The van der Waals surface area contributed by atoms with Crippen LogP contribution in [-0.2, 0) is 24.4 Å². The summed E-state index contributed by atoms with van der Waals surface area (Å²) in [5, 5.41) is 14.9. The highest BCUT2D eigenvalue weighted by Crippen LogP contribution is 2.32. The van der Waals surface area contributed by atoms with Crippen LogP contribution in [0, 0.1) is 0 Å². The maximum atomic E-state index is 13.2. The first-order valence-electron chi connectivity index (χ1n) is 12.2. The SMILES string of the molecule is CN(CCc1ccccc1)C(=O)Cn1cc(C=Cc2nnn[nH]2)c2cccc(OCc3ccccc3)c21. The van der Waals surface area contributed by atoms with Crippen molar-refractivity contribution < 1.29 is 9.53 Å². The molecule has 0 fully saturated rings. The second-order valence-electron chi connectivity index (χ2n) is 8.81. The molecule has 0 radical (unpaired) electrons. The zero-order valence-corrected chi connectivity index (χ0v) is 20.6. The minimum Gasteiger partial charge on any atom is -0.487 e. The van der Waals surface area contributed by atoms with E-state index in [0.29, 0.717) is 19.0 Å². The molecule has 0 atom stereocenters. The molecule has 2 aromatic heterocycles. The Bertz CT molecular complexity index is 1480. The topological polar surface area (TPSA) is 88.9 Å². The number of rotatable bonds is 10. The number of para-hydroxylation sites is 1. The van der Waals surface area contributed by atoms with Gasteiger partial charge in [0, 0.05) is 30.7 Å². The summed E-state index contributed by atoms with van der Waals surface area (Å²) in [6.07, 6.45) is 6.53. The van der Waals surface area contributed by atoms with Gasteiger partial charge in [-0.3, -0.25) is 4.79 Å². The summed E-state index contributed by atoms with van der Waals surface area (Å²) in [6.45, 7) is 1.28. The number of H-pyrrole nitrogens is 1. The number of hydrogen-bond acceptors (Lipinski definition) is 5. The van der Waals surface area contributed by atoms with Gasteiger partial charge < -0.3 is 14.2 Å². The predicted molar refractivity (Wildman–Crippen MR) is 144 cm³/mol. The van der Waals surface area contributed by atoms with Crippen LogP contribution in [-0.4, -0.2) is 49.6 Å². The molecule has 1 N–H and O–H groups in total. The van der Waals surface area contributed by atoms with Crippen LogP contribution in [0.2, 0.25) is 0 Å². The van der Waals surface area contributed by atoms with Crippen molar-refractivity contribution in [3.8, 4) is 5.75 Å². The molecule has 0 saturated carbocycles. The molecular weight excluding hydrogens is 464 g/mol. The number of tetrazole rings is 1. The van der Waals surface area contributed by atoms with Crippen LogP contribution in [0.25, 0.3) is 23.1 Å². The normalized spacial score (nSPS) is 11.3. The van der Waals surface area contributed by atoms with Gasteiger partial charge in [-0.2, -0.15) is 0 Å². The number of amides is 1. The molecule has 5 aromatic rings. The molecule has 1 amide bonds. The number of nitrogens with zero attached hydrogens (tertiary/aromatic N) is 5. The predicted octanol–water partition coefficient (Wildman–Crippen LogP) is 4.60. The van der Waals surface area contributed by atoms with E-state index in [1.807, 2.05) is 96.7 Å². The third-order valence-electron chi connectivity index (χ3n) is 6.22. The Labute approximate surface area is 215 Å². The molecule has 0 unspecified atom stereocenters. The second-order valence-corrected chi connectivity index (χ2v) is 8.81. The van der Waals surface area contributed by atoms with Crippen LogP contribution in [0.1, 0.15) is 22.5 Å². The lowest BCUT2D eigenvalue weighted by Crippen LogP contribution is -2.31. The molecule has 0 aliphatic rings. The number of fused-ring (bicyclic) bond motifs is 1. The zero-order chi connectivity index (χ0) is 25.5. The summed E-state index contributed by atoms with van der Waals surface area (Å²) < 4.78 is 8.22. The maximum Gasteiger partial charge on any atom is 0.242 e. The van der Waals surface area contributed by atoms with E-state index in [-0.39, 0.29) is 12.5 Å². The maximum absolute atomic E-state index is 13.2. The Morgan fingerprint density at radius 3 is 2.46 bits per heavy atom. The van der Waals surface area contributed by atoms with E-state index >= 15 is 0 Å². The number of aromatic nitrogens is 5. The Morgan fingerprint density at radius 2 is 1.73 bits per heavy atom. The van der Waals surface area contributed by atoms with E-state index in [1.165, 1.54) is 5.56 Å². The van der Waals surface area contributed by atoms with Gasteiger partial charge in [-0.15, -0.1) is 5.10 Å². The highest BCUT2D eigenvalue weighted by molar-refractivity contribution is 5.96. The van der Waals surface area contributed by atoms with E-state index in [9.17, 15) is 4.79 Å². The zero-order valence-electron chi connectivity index (χ0n) is 20.6. The molecule has 0 bridgehead atoms. The van der Waals surface area contributed by atoms with E-state index in [0.717, 1.165) is 34.2 Å². The van der Waals surface area contributed by atoms with Crippen molar-refractivity contribution in [3.05, 3.63) is 108 Å². The standard InChI is InChI=1S/C29H28N6O2/c1-34(18-17-22-9-4-2-5-10-22)28(36)20-35-19-24(15-16-27-30-32-33-31-27)25-13-8-14-26(29(25)35)37-21-23-11-6-3-7-12-23/h2-16,19H,17-18,20-21H2,1H3,(H,30,31,32,33). The van der Waals surface area contributed by atoms with Gasteiger partial charge in [0.25, 0.3) is 0 Å². The van der Waals surface area contributed by atoms with Gasteiger partial charge in [0.15, 0.2) is 5.82 Å². The minimum atomic E-state index is 0.0284. The molecular formula is C29H28N6O2. The van der Waals surface area contributed by atoms with Crippen LogP contribution in [0.4, 0.5) is 0 Å². The van der Waals surface area contributed by atoms with E-state index < -0.39 is 0 Å². The van der Waals surface area contributed by atoms with Crippen molar-refractivity contribution in [2.75, 3.05) is 13.6 Å². The van der Waals surface area contributed by atoms with Gasteiger partial charge >= 0.3 is 0 Å². The fourth-order valence-corrected chi connectivity index (χ4v) is 4.20. The lowest BCUT2D eigenvalue weighted by atomic mass is 10.1. The van der Waals surface area contributed by atoms with Crippen LogP contribution in [0.15, 0.2) is 85.1 Å². The summed E-state index contributed by atoms with van der Waals surface area (Å²) in [7, 11) is 1.85. The number of aromatic amines is 1. The van der Waals surface area contributed by atoms with Crippen molar-refractivity contribution in [2.24, 2.45) is 0 Å². The first kappa shape index (κ1) is 24.0. The van der Waals surface area contributed by atoms with Gasteiger partial charge in [0.05, 0.1) is 5.52 Å². The summed E-state index contributed by atoms with van der Waals surface area (Å²) >= 11 is 0. The van der Waals surface area contributed by atoms with E-state index in [1.54, 1.807) is 4.90 Å². The quantitative estimate of drug-likeness (QED) is 0.308. The lowest BCUT2D eigenvalue weighted by molar-refractivity contribution is -0.130. The number of hydrogen-bond donors (Lipinski definition) is 1. The van der Waals surface area contributed by atoms with Crippen molar-refractivity contribution in [1.82, 2.24) is 30.1 Å². The summed E-state index contributed by atoms with van der Waals surface area (Å²) in [5.74, 6) is 1.30. The molecule has 0 aliphatic carbocycles. The van der Waals surface area contributed by atoms with E-state index in [2.05, 4.69) is 32.8 Å². The fraction of sp³-hybridized carbons (Fsp3) is 0.172. The average Bonchev–Trinajstić information content (AvgIpc) is 3.59. The van der Waals surface area contributed by atoms with Crippen LogP contribution < -0.4 is 4.74 Å². The number of nitrogens with one attached hydrogen (secondary N) is 1. The Hall–Kier alpha value is -4.72. The van der Waals surface area contributed by atoms with Gasteiger partial charge in [-0.1, -0.05) is 72.8 Å². The molecule has 5 rings (SSSR count). The Morgan fingerprint density at radius 1 is 0.973 bits per heavy atom. The Balaban J connectivity index is 1.41. The molecule has 2 heterocycles. The highest BCUT2D eigenvalue weighted by atomic mass is 16.5. The highest BCUT2D eigenvalue weighted by Gasteiger charge is 2.17. The van der Waals surface area contributed by atoms with Crippen molar-refractivity contribution in [2.45, 2.75) is 19.6 Å². The van der Waals surface area contributed by atoms with Crippen LogP contribution in [0.3, 0.4) is 0 Å². The van der Waals surface area contributed by atoms with Crippen molar-refractivity contribution in [1.29, 1.82) is 0 Å². The van der Waals surface area contributed by atoms with Crippen molar-refractivity contribution >= 4 is 29.0 Å². The molecule has 0 saturated heterocycles. The summed E-state index contributed by atoms with van der Waals surface area (Å²) in [5.41, 5.74) is 4.10. The molecule has 3 aromatic carbocycles. The summed E-state index contributed by atoms with van der Waals surface area (Å²) in [4.78, 5) is 15.0. The van der Waals surface area contributed by atoms with E-state index in [4.69, 9.17) is 4.74 Å². The first-order valence-corrected chi connectivity index (χ1v) is 12.2. The third-order valence-corrected chi connectivity index (χ3v) is 6.22. The second kappa shape index (κ2) is 11.3. The fourth-order valence-electron chi connectivity index (χ4n) is 4.20. The van der Waals surface area contributed by atoms with Crippen LogP contribution in [0.5, 0.6) is 5.75 Å².